The minimum atomic E-state index is 0.139. The number of rotatable bonds is 6. The van der Waals surface area contributed by atoms with Crippen molar-refractivity contribution in [1.29, 1.82) is 0 Å². The van der Waals surface area contributed by atoms with E-state index in [0.717, 1.165) is 32.0 Å². The SMILES string of the molecule is CCCNC(=O)CC(CN)N1CCCC(C)C1. The Balaban J connectivity index is 2.38. The summed E-state index contributed by atoms with van der Waals surface area (Å²) in [7, 11) is 0. The van der Waals surface area contributed by atoms with Crippen LogP contribution in [0.2, 0.25) is 0 Å². The number of carbonyl (C=O) groups excluding carboxylic acids is 1. The lowest BCUT2D eigenvalue weighted by atomic mass is 9.98. The van der Waals surface area contributed by atoms with E-state index in [1.807, 2.05) is 0 Å². The Hall–Kier alpha value is -0.610. The highest BCUT2D eigenvalue weighted by atomic mass is 16.1. The topological polar surface area (TPSA) is 58.4 Å². The normalized spacial score (nSPS) is 23.4. The summed E-state index contributed by atoms with van der Waals surface area (Å²) in [6.07, 6.45) is 4.06. The number of hydrogen-bond donors (Lipinski definition) is 2. The Labute approximate surface area is 105 Å². The first kappa shape index (κ1) is 14.5. The third-order valence-electron chi connectivity index (χ3n) is 3.47. The fourth-order valence-corrected chi connectivity index (χ4v) is 2.47. The summed E-state index contributed by atoms with van der Waals surface area (Å²) in [5.41, 5.74) is 5.80. The molecule has 100 valence electrons. The minimum Gasteiger partial charge on any atom is -0.356 e. The Morgan fingerprint density at radius 2 is 2.35 bits per heavy atom. The average Bonchev–Trinajstić information content (AvgIpc) is 2.33. The third-order valence-corrected chi connectivity index (χ3v) is 3.47. The van der Waals surface area contributed by atoms with Crippen LogP contribution < -0.4 is 11.1 Å². The van der Waals surface area contributed by atoms with Crippen molar-refractivity contribution >= 4 is 5.91 Å². The predicted octanol–water partition coefficient (Wildman–Crippen LogP) is 0.962. The van der Waals surface area contributed by atoms with Gasteiger partial charge in [0.15, 0.2) is 0 Å². The van der Waals surface area contributed by atoms with E-state index in [1.54, 1.807) is 0 Å². The molecule has 3 N–H and O–H groups in total. The van der Waals surface area contributed by atoms with E-state index in [9.17, 15) is 4.79 Å². The first-order chi connectivity index (χ1) is 8.17. The Morgan fingerprint density at radius 1 is 1.59 bits per heavy atom. The third kappa shape index (κ3) is 5.04. The summed E-state index contributed by atoms with van der Waals surface area (Å²) in [6.45, 7) is 7.86. The van der Waals surface area contributed by atoms with Gasteiger partial charge < -0.3 is 11.1 Å². The molecule has 1 aliphatic heterocycles. The van der Waals surface area contributed by atoms with Crippen molar-refractivity contribution in [2.45, 2.75) is 45.6 Å². The van der Waals surface area contributed by atoms with Crippen LogP contribution in [0.1, 0.15) is 39.5 Å². The van der Waals surface area contributed by atoms with Gasteiger partial charge in [0.1, 0.15) is 0 Å². The quantitative estimate of drug-likeness (QED) is 0.728. The molecule has 0 aromatic rings. The number of hydrogen-bond acceptors (Lipinski definition) is 3. The van der Waals surface area contributed by atoms with Crippen molar-refractivity contribution < 1.29 is 4.79 Å². The van der Waals surface area contributed by atoms with Crippen molar-refractivity contribution in [1.82, 2.24) is 10.2 Å². The molecule has 0 spiro atoms. The van der Waals surface area contributed by atoms with Crippen LogP contribution in [0.3, 0.4) is 0 Å². The molecule has 2 atom stereocenters. The van der Waals surface area contributed by atoms with Crippen LogP contribution in [0, 0.1) is 5.92 Å². The molecule has 0 aromatic heterocycles. The van der Waals surface area contributed by atoms with Gasteiger partial charge in [-0.3, -0.25) is 9.69 Å². The number of nitrogens with two attached hydrogens (primary N) is 1. The number of nitrogens with zero attached hydrogens (tertiary/aromatic N) is 1. The fourth-order valence-electron chi connectivity index (χ4n) is 2.47. The Morgan fingerprint density at radius 3 is 2.94 bits per heavy atom. The van der Waals surface area contributed by atoms with Gasteiger partial charge in [0.05, 0.1) is 0 Å². The maximum atomic E-state index is 11.7. The van der Waals surface area contributed by atoms with E-state index in [4.69, 9.17) is 5.73 Å². The molecule has 0 aliphatic carbocycles. The lowest BCUT2D eigenvalue weighted by Gasteiger charge is -2.36. The fraction of sp³-hybridized carbons (Fsp3) is 0.923. The molecule has 1 heterocycles. The van der Waals surface area contributed by atoms with Gasteiger partial charge >= 0.3 is 0 Å². The lowest BCUT2D eigenvalue weighted by Crippen LogP contribution is -2.48. The van der Waals surface area contributed by atoms with Crippen LogP contribution in [0.15, 0.2) is 0 Å². The second kappa shape index (κ2) is 7.67. The van der Waals surface area contributed by atoms with E-state index in [2.05, 4.69) is 24.1 Å². The van der Waals surface area contributed by atoms with Gasteiger partial charge in [-0.1, -0.05) is 13.8 Å². The Kier molecular flexibility index (Phi) is 6.52. The van der Waals surface area contributed by atoms with Crippen LogP contribution in [0.4, 0.5) is 0 Å². The van der Waals surface area contributed by atoms with Crippen molar-refractivity contribution in [2.75, 3.05) is 26.2 Å². The van der Waals surface area contributed by atoms with Gasteiger partial charge in [-0.2, -0.15) is 0 Å². The molecule has 0 saturated carbocycles. The van der Waals surface area contributed by atoms with E-state index in [1.165, 1.54) is 12.8 Å². The number of nitrogens with one attached hydrogen (secondary N) is 1. The molecular formula is C13H27N3O. The summed E-state index contributed by atoms with van der Waals surface area (Å²) in [5.74, 6) is 0.872. The number of carbonyl (C=O) groups is 1. The highest BCUT2D eigenvalue weighted by molar-refractivity contribution is 5.76. The first-order valence-corrected chi connectivity index (χ1v) is 6.88. The smallest absolute Gasteiger partial charge is 0.221 e. The molecule has 1 aliphatic rings. The highest BCUT2D eigenvalue weighted by Gasteiger charge is 2.24. The maximum Gasteiger partial charge on any atom is 0.221 e. The highest BCUT2D eigenvalue weighted by Crippen LogP contribution is 2.18. The molecule has 1 saturated heterocycles. The van der Waals surface area contributed by atoms with E-state index in [-0.39, 0.29) is 11.9 Å². The second-order valence-electron chi connectivity index (χ2n) is 5.19. The minimum absolute atomic E-state index is 0.139. The molecule has 0 radical (unpaired) electrons. The zero-order valence-electron chi connectivity index (χ0n) is 11.2. The van der Waals surface area contributed by atoms with Crippen molar-refractivity contribution in [3.05, 3.63) is 0 Å². The molecular weight excluding hydrogens is 214 g/mol. The lowest BCUT2D eigenvalue weighted by molar-refractivity contribution is -0.122. The maximum absolute atomic E-state index is 11.7. The Bertz CT molecular complexity index is 233. The average molecular weight is 241 g/mol. The standard InChI is InChI=1S/C13H27N3O/c1-3-6-15-13(17)8-12(9-14)16-7-4-5-11(2)10-16/h11-12H,3-10,14H2,1-2H3,(H,15,17). The van der Waals surface area contributed by atoms with Gasteiger partial charge in [-0.05, 0) is 31.7 Å². The zero-order chi connectivity index (χ0) is 12.7. The van der Waals surface area contributed by atoms with Crippen LogP contribution >= 0.6 is 0 Å². The molecule has 1 amide bonds. The molecule has 4 nitrogen and oxygen atoms in total. The van der Waals surface area contributed by atoms with Gasteiger partial charge in [0.2, 0.25) is 5.91 Å². The van der Waals surface area contributed by atoms with Crippen molar-refractivity contribution in [3.8, 4) is 0 Å². The molecule has 0 bridgehead atoms. The van der Waals surface area contributed by atoms with Gasteiger partial charge in [-0.15, -0.1) is 0 Å². The monoisotopic (exact) mass is 241 g/mol. The summed E-state index contributed by atoms with van der Waals surface area (Å²) in [6, 6.07) is 0.217. The van der Waals surface area contributed by atoms with E-state index >= 15 is 0 Å². The van der Waals surface area contributed by atoms with Crippen molar-refractivity contribution in [2.24, 2.45) is 11.7 Å². The van der Waals surface area contributed by atoms with E-state index < -0.39 is 0 Å². The van der Waals surface area contributed by atoms with E-state index in [0.29, 0.717) is 13.0 Å². The summed E-state index contributed by atoms with van der Waals surface area (Å²) in [4.78, 5) is 14.1. The number of likely N-dealkylation sites (tertiary alicyclic amines) is 1. The number of amides is 1. The first-order valence-electron chi connectivity index (χ1n) is 6.88. The largest absolute Gasteiger partial charge is 0.356 e. The van der Waals surface area contributed by atoms with Crippen LogP contribution in [-0.4, -0.2) is 43.0 Å². The molecule has 1 fully saturated rings. The molecule has 0 aromatic carbocycles. The molecule has 2 unspecified atom stereocenters. The van der Waals surface area contributed by atoms with Crippen LogP contribution in [-0.2, 0) is 4.79 Å². The second-order valence-corrected chi connectivity index (χ2v) is 5.19. The van der Waals surface area contributed by atoms with Crippen molar-refractivity contribution in [3.63, 3.8) is 0 Å². The summed E-state index contributed by atoms with van der Waals surface area (Å²) in [5, 5.41) is 2.93. The molecule has 1 rings (SSSR count). The summed E-state index contributed by atoms with van der Waals surface area (Å²) < 4.78 is 0. The molecule has 4 heteroatoms. The van der Waals surface area contributed by atoms with Gasteiger partial charge in [0, 0.05) is 32.1 Å². The summed E-state index contributed by atoms with van der Waals surface area (Å²) >= 11 is 0. The van der Waals surface area contributed by atoms with Gasteiger partial charge in [-0.25, -0.2) is 0 Å². The van der Waals surface area contributed by atoms with Gasteiger partial charge in [0.25, 0.3) is 0 Å². The molecule has 17 heavy (non-hydrogen) atoms. The van der Waals surface area contributed by atoms with Crippen LogP contribution in [0.25, 0.3) is 0 Å². The van der Waals surface area contributed by atoms with Crippen LogP contribution in [0.5, 0.6) is 0 Å². The predicted molar refractivity (Wildman–Crippen MR) is 70.7 cm³/mol. The zero-order valence-corrected chi connectivity index (χ0v) is 11.2. The number of piperidine rings is 1.